The Morgan fingerprint density at radius 2 is 1.94 bits per heavy atom. The van der Waals surface area contributed by atoms with Gasteiger partial charge in [-0.25, -0.2) is 0 Å². The first-order chi connectivity index (χ1) is 7.79. The van der Waals surface area contributed by atoms with E-state index >= 15 is 0 Å². The molecule has 3 heteroatoms. The maximum absolute atomic E-state index is 11.0. The lowest BCUT2D eigenvalue weighted by atomic mass is 10.0. The smallest absolute Gasteiger partial charge is 0.177 e. The lowest BCUT2D eigenvalue weighted by molar-refractivity contribution is -0.113. The normalized spacial score (nSPS) is 15.1. The Labute approximate surface area is 94.1 Å². The van der Waals surface area contributed by atoms with Gasteiger partial charge in [-0.3, -0.25) is 9.79 Å². The fraction of sp³-hybridized carbons (Fsp3) is 0.231. The van der Waals surface area contributed by atoms with Crippen LogP contribution < -0.4 is 0 Å². The summed E-state index contributed by atoms with van der Waals surface area (Å²) in [7, 11) is 0. The molecule has 0 radical (unpaired) electrons. The number of nitrogens with zero attached hydrogens (tertiary/aromatic N) is 1. The number of hydrogen-bond acceptors (Lipinski definition) is 3. The molecule has 0 saturated carbocycles. The number of aliphatic hydroxyl groups excluding tert-OH is 1. The molecule has 1 aliphatic rings. The van der Waals surface area contributed by atoms with Crippen LogP contribution in [0.1, 0.15) is 11.1 Å². The van der Waals surface area contributed by atoms with E-state index in [0.717, 1.165) is 16.8 Å². The second kappa shape index (κ2) is 4.86. The monoisotopic (exact) mass is 215 g/mol. The summed E-state index contributed by atoms with van der Waals surface area (Å²) in [5, 5.41) is 8.79. The van der Waals surface area contributed by atoms with Gasteiger partial charge in [0, 0.05) is 6.61 Å². The molecule has 0 spiro atoms. The second-order valence-corrected chi connectivity index (χ2v) is 3.67. The van der Waals surface area contributed by atoms with Gasteiger partial charge in [-0.1, -0.05) is 24.3 Å². The van der Waals surface area contributed by atoms with Crippen LogP contribution in [0.4, 0.5) is 0 Å². The molecule has 0 bridgehead atoms. The van der Waals surface area contributed by atoms with Gasteiger partial charge in [0.2, 0.25) is 0 Å². The molecule has 16 heavy (non-hydrogen) atoms. The largest absolute Gasteiger partial charge is 0.396 e. The minimum absolute atomic E-state index is 0.0423. The highest BCUT2D eigenvalue weighted by molar-refractivity contribution is 6.14. The van der Waals surface area contributed by atoms with Gasteiger partial charge in [-0.05, 0) is 29.7 Å². The van der Waals surface area contributed by atoms with Gasteiger partial charge in [-0.15, -0.1) is 0 Å². The van der Waals surface area contributed by atoms with Gasteiger partial charge in [0.15, 0.2) is 5.78 Å². The van der Waals surface area contributed by atoms with Gasteiger partial charge in [0.25, 0.3) is 0 Å². The van der Waals surface area contributed by atoms with Gasteiger partial charge >= 0.3 is 0 Å². The molecule has 0 amide bonds. The second-order valence-electron chi connectivity index (χ2n) is 3.67. The maximum Gasteiger partial charge on any atom is 0.177 e. The first-order valence-electron chi connectivity index (χ1n) is 5.25. The van der Waals surface area contributed by atoms with Crippen molar-refractivity contribution in [2.45, 2.75) is 6.42 Å². The lowest BCUT2D eigenvalue weighted by Gasteiger charge is -2.06. The zero-order chi connectivity index (χ0) is 11.4. The summed E-state index contributed by atoms with van der Waals surface area (Å²) in [5.41, 5.74) is 2.95. The summed E-state index contributed by atoms with van der Waals surface area (Å²) in [5.74, 6) is 0.0423. The molecule has 0 atom stereocenters. The third kappa shape index (κ3) is 2.44. The van der Waals surface area contributed by atoms with Crippen LogP contribution in [0, 0.1) is 0 Å². The van der Waals surface area contributed by atoms with Crippen molar-refractivity contribution in [2.75, 3.05) is 13.2 Å². The summed E-state index contributed by atoms with van der Waals surface area (Å²) < 4.78 is 0. The number of carbonyl (C=O) groups excluding carboxylic acids is 1. The lowest BCUT2D eigenvalue weighted by Crippen LogP contribution is -2.09. The number of rotatable bonds is 3. The molecule has 82 valence electrons. The van der Waals surface area contributed by atoms with Crippen molar-refractivity contribution in [1.82, 2.24) is 0 Å². The quantitative estimate of drug-likeness (QED) is 0.822. The topological polar surface area (TPSA) is 49.7 Å². The number of allylic oxidation sites excluding steroid dienone is 1. The Morgan fingerprint density at radius 3 is 2.50 bits per heavy atom. The van der Waals surface area contributed by atoms with E-state index < -0.39 is 0 Å². The number of hydrogen-bond donors (Lipinski definition) is 1. The standard InChI is InChI=1S/C13H13NO2/c15-8-7-10-1-3-11(4-2-10)13-6-5-12(16)9-14-13/h1-6,15H,7-9H2. The summed E-state index contributed by atoms with van der Waals surface area (Å²) in [6.45, 7) is 0.402. The van der Waals surface area contributed by atoms with Crippen LogP contribution in [0.5, 0.6) is 0 Å². The fourth-order valence-electron chi connectivity index (χ4n) is 1.60. The molecule has 3 nitrogen and oxygen atoms in total. The minimum atomic E-state index is 0.0423. The van der Waals surface area contributed by atoms with Crippen LogP contribution >= 0.6 is 0 Å². The van der Waals surface area contributed by atoms with Gasteiger partial charge in [-0.2, -0.15) is 0 Å². The van der Waals surface area contributed by atoms with Crippen LogP contribution in [0.25, 0.3) is 0 Å². The Morgan fingerprint density at radius 1 is 1.19 bits per heavy atom. The molecule has 1 N–H and O–H groups in total. The Balaban J connectivity index is 2.16. The van der Waals surface area contributed by atoms with Crippen LogP contribution in [-0.4, -0.2) is 29.8 Å². The van der Waals surface area contributed by atoms with E-state index in [-0.39, 0.29) is 18.9 Å². The van der Waals surface area contributed by atoms with E-state index in [2.05, 4.69) is 4.99 Å². The molecular formula is C13H13NO2. The summed E-state index contributed by atoms with van der Waals surface area (Å²) in [6.07, 6.45) is 3.97. The number of aliphatic imine (C=N–C) groups is 1. The molecule has 1 aliphatic heterocycles. The van der Waals surface area contributed by atoms with E-state index in [1.54, 1.807) is 12.2 Å². The van der Waals surface area contributed by atoms with Gasteiger partial charge in [0.1, 0.15) is 6.54 Å². The molecule has 0 unspecified atom stereocenters. The van der Waals surface area contributed by atoms with Gasteiger partial charge in [0.05, 0.1) is 5.71 Å². The SMILES string of the molecule is O=C1C=CC(c2ccc(CCO)cc2)=NC1. The van der Waals surface area contributed by atoms with Crippen molar-refractivity contribution in [3.8, 4) is 0 Å². The third-order valence-corrected chi connectivity index (χ3v) is 2.48. The Kier molecular flexibility index (Phi) is 3.27. The van der Waals surface area contributed by atoms with Crippen molar-refractivity contribution in [1.29, 1.82) is 0 Å². The first kappa shape index (κ1) is 10.8. The highest BCUT2D eigenvalue weighted by Gasteiger charge is 2.06. The predicted molar refractivity (Wildman–Crippen MR) is 62.8 cm³/mol. The summed E-state index contributed by atoms with van der Waals surface area (Å²) in [4.78, 5) is 15.1. The summed E-state index contributed by atoms with van der Waals surface area (Å²) in [6, 6.07) is 7.87. The van der Waals surface area contributed by atoms with E-state index in [4.69, 9.17) is 5.11 Å². The predicted octanol–water partition coefficient (Wildman–Crippen LogP) is 1.15. The van der Waals surface area contributed by atoms with E-state index in [0.29, 0.717) is 6.42 Å². The summed E-state index contributed by atoms with van der Waals surface area (Å²) >= 11 is 0. The number of carbonyl (C=O) groups is 1. The zero-order valence-electron chi connectivity index (χ0n) is 8.89. The molecule has 0 saturated heterocycles. The van der Waals surface area contributed by atoms with Crippen molar-refractivity contribution in [3.63, 3.8) is 0 Å². The molecular weight excluding hydrogens is 202 g/mol. The number of ketones is 1. The van der Waals surface area contributed by atoms with E-state index in [1.165, 1.54) is 0 Å². The maximum atomic E-state index is 11.0. The van der Waals surface area contributed by atoms with E-state index in [1.807, 2.05) is 24.3 Å². The number of benzene rings is 1. The Hall–Kier alpha value is -1.74. The van der Waals surface area contributed by atoms with Crippen molar-refractivity contribution in [3.05, 3.63) is 47.5 Å². The third-order valence-electron chi connectivity index (χ3n) is 2.48. The van der Waals surface area contributed by atoms with E-state index in [9.17, 15) is 4.79 Å². The molecule has 1 aromatic rings. The highest BCUT2D eigenvalue weighted by atomic mass is 16.2. The van der Waals surface area contributed by atoms with Crippen molar-refractivity contribution in [2.24, 2.45) is 4.99 Å². The Bertz CT molecular complexity index is 444. The van der Waals surface area contributed by atoms with Crippen LogP contribution in [0.3, 0.4) is 0 Å². The minimum Gasteiger partial charge on any atom is -0.396 e. The van der Waals surface area contributed by atoms with Gasteiger partial charge < -0.3 is 5.11 Å². The molecule has 1 heterocycles. The molecule has 0 aliphatic carbocycles. The first-order valence-corrected chi connectivity index (χ1v) is 5.25. The number of dihydropyridines is 1. The molecule has 0 aromatic heterocycles. The van der Waals surface area contributed by atoms with Crippen LogP contribution in [-0.2, 0) is 11.2 Å². The zero-order valence-corrected chi connectivity index (χ0v) is 8.89. The van der Waals surface area contributed by atoms with Crippen molar-refractivity contribution < 1.29 is 9.90 Å². The number of aliphatic hydroxyl groups is 1. The molecule has 1 aromatic carbocycles. The molecule has 0 fully saturated rings. The van der Waals surface area contributed by atoms with Crippen LogP contribution in [0.15, 0.2) is 41.4 Å². The average molecular weight is 215 g/mol. The van der Waals surface area contributed by atoms with Crippen LogP contribution in [0.2, 0.25) is 0 Å². The fourth-order valence-corrected chi connectivity index (χ4v) is 1.60. The van der Waals surface area contributed by atoms with Crippen molar-refractivity contribution >= 4 is 11.5 Å². The molecule has 2 rings (SSSR count). The highest BCUT2D eigenvalue weighted by Crippen LogP contribution is 2.09. The average Bonchev–Trinajstić information content (AvgIpc) is 2.32.